The molecular formula is C22H25F3O2. The fourth-order valence-corrected chi connectivity index (χ4v) is 3.77. The van der Waals surface area contributed by atoms with E-state index < -0.39 is 11.6 Å². The van der Waals surface area contributed by atoms with Crippen LogP contribution in [0.15, 0.2) is 30.3 Å². The summed E-state index contributed by atoms with van der Waals surface area (Å²) in [5.74, 6) is -1.06. The molecule has 27 heavy (non-hydrogen) atoms. The molecular weight excluding hydrogens is 353 g/mol. The fourth-order valence-electron chi connectivity index (χ4n) is 3.77. The minimum atomic E-state index is -0.914. The second kappa shape index (κ2) is 8.68. The second-order valence-corrected chi connectivity index (χ2v) is 7.12. The lowest BCUT2D eigenvalue weighted by molar-refractivity contribution is 0.192. The van der Waals surface area contributed by atoms with Crippen LogP contribution in [0.3, 0.4) is 0 Å². The van der Waals surface area contributed by atoms with E-state index in [2.05, 4.69) is 0 Å². The van der Waals surface area contributed by atoms with E-state index in [1.165, 1.54) is 19.2 Å². The SMILES string of the molecule is CCc1ccc(OCC2CCC(c3ccc(OC)cc3F)CC2)c(F)c1F. The zero-order valence-corrected chi connectivity index (χ0v) is 15.7. The molecule has 0 spiro atoms. The molecule has 3 rings (SSSR count). The van der Waals surface area contributed by atoms with Crippen molar-refractivity contribution in [1.29, 1.82) is 0 Å². The van der Waals surface area contributed by atoms with Gasteiger partial charge in [-0.25, -0.2) is 8.78 Å². The fraction of sp³-hybridized carbons (Fsp3) is 0.455. The van der Waals surface area contributed by atoms with Gasteiger partial charge in [0.15, 0.2) is 11.6 Å². The van der Waals surface area contributed by atoms with Gasteiger partial charge in [-0.1, -0.05) is 19.1 Å². The number of ether oxygens (including phenoxy) is 2. The first-order chi connectivity index (χ1) is 13.0. The zero-order valence-electron chi connectivity index (χ0n) is 15.7. The maximum atomic E-state index is 14.3. The molecule has 1 saturated carbocycles. The number of aryl methyl sites for hydroxylation is 1. The van der Waals surface area contributed by atoms with Crippen molar-refractivity contribution < 1.29 is 22.6 Å². The van der Waals surface area contributed by atoms with Crippen LogP contribution >= 0.6 is 0 Å². The predicted molar refractivity (Wildman–Crippen MR) is 98.9 cm³/mol. The number of hydrogen-bond donors (Lipinski definition) is 0. The quantitative estimate of drug-likeness (QED) is 0.611. The van der Waals surface area contributed by atoms with Crippen LogP contribution in [0.2, 0.25) is 0 Å². The second-order valence-electron chi connectivity index (χ2n) is 7.12. The Morgan fingerprint density at radius 2 is 1.70 bits per heavy atom. The van der Waals surface area contributed by atoms with Crippen molar-refractivity contribution in [1.82, 2.24) is 0 Å². The smallest absolute Gasteiger partial charge is 0.200 e. The lowest BCUT2D eigenvalue weighted by Gasteiger charge is -2.29. The van der Waals surface area contributed by atoms with E-state index in [0.717, 1.165) is 31.2 Å². The molecule has 1 fully saturated rings. The van der Waals surface area contributed by atoms with Gasteiger partial charge in [0.1, 0.15) is 11.6 Å². The molecule has 0 unspecified atom stereocenters. The molecule has 2 aromatic rings. The molecule has 2 nitrogen and oxygen atoms in total. The molecule has 0 amide bonds. The zero-order chi connectivity index (χ0) is 19.4. The Hall–Kier alpha value is -2.17. The maximum Gasteiger partial charge on any atom is 0.200 e. The van der Waals surface area contributed by atoms with Gasteiger partial charge in [-0.2, -0.15) is 4.39 Å². The summed E-state index contributed by atoms with van der Waals surface area (Å²) >= 11 is 0. The third-order valence-electron chi connectivity index (χ3n) is 5.48. The first-order valence-electron chi connectivity index (χ1n) is 9.46. The number of rotatable bonds is 6. The summed E-state index contributed by atoms with van der Waals surface area (Å²) in [4.78, 5) is 0. The Morgan fingerprint density at radius 1 is 0.963 bits per heavy atom. The minimum absolute atomic E-state index is 0.0342. The van der Waals surface area contributed by atoms with Crippen LogP contribution in [-0.4, -0.2) is 13.7 Å². The summed E-state index contributed by atoms with van der Waals surface area (Å²) in [7, 11) is 1.52. The molecule has 146 valence electrons. The molecule has 2 aromatic carbocycles. The van der Waals surface area contributed by atoms with Gasteiger partial charge in [0.05, 0.1) is 13.7 Å². The van der Waals surface area contributed by atoms with Gasteiger partial charge in [0.25, 0.3) is 0 Å². The lowest BCUT2D eigenvalue weighted by Crippen LogP contribution is -2.20. The van der Waals surface area contributed by atoms with Gasteiger partial charge >= 0.3 is 0 Å². The highest BCUT2D eigenvalue weighted by Crippen LogP contribution is 2.38. The van der Waals surface area contributed by atoms with E-state index >= 15 is 0 Å². The highest BCUT2D eigenvalue weighted by molar-refractivity contribution is 5.32. The highest BCUT2D eigenvalue weighted by atomic mass is 19.2. The van der Waals surface area contributed by atoms with Crippen molar-refractivity contribution in [3.8, 4) is 11.5 Å². The number of methoxy groups -OCH3 is 1. The van der Waals surface area contributed by atoms with Crippen molar-refractivity contribution in [3.63, 3.8) is 0 Å². The van der Waals surface area contributed by atoms with Gasteiger partial charge in [-0.3, -0.25) is 0 Å². The van der Waals surface area contributed by atoms with E-state index in [-0.39, 0.29) is 23.4 Å². The molecule has 0 aromatic heterocycles. The first kappa shape index (κ1) is 19.6. The van der Waals surface area contributed by atoms with Gasteiger partial charge in [-0.15, -0.1) is 0 Å². The van der Waals surface area contributed by atoms with Crippen LogP contribution in [-0.2, 0) is 6.42 Å². The number of halogens is 3. The van der Waals surface area contributed by atoms with E-state index in [0.29, 0.717) is 24.3 Å². The molecule has 1 aliphatic rings. The van der Waals surface area contributed by atoms with Gasteiger partial charge in [0, 0.05) is 6.07 Å². The van der Waals surface area contributed by atoms with Crippen LogP contribution in [0, 0.1) is 23.4 Å². The molecule has 5 heteroatoms. The number of hydrogen-bond acceptors (Lipinski definition) is 2. The molecule has 1 aliphatic carbocycles. The monoisotopic (exact) mass is 378 g/mol. The van der Waals surface area contributed by atoms with Gasteiger partial charge in [0.2, 0.25) is 5.82 Å². The summed E-state index contributed by atoms with van der Waals surface area (Å²) in [6.45, 7) is 2.13. The van der Waals surface area contributed by atoms with Crippen LogP contribution in [0.25, 0.3) is 0 Å². The Balaban J connectivity index is 1.55. The normalized spacial score (nSPS) is 19.7. The van der Waals surface area contributed by atoms with Crippen LogP contribution in [0.1, 0.15) is 49.7 Å². The summed E-state index contributed by atoms with van der Waals surface area (Å²) < 4.78 is 52.7. The number of benzene rings is 2. The highest BCUT2D eigenvalue weighted by Gasteiger charge is 2.25. The topological polar surface area (TPSA) is 18.5 Å². The van der Waals surface area contributed by atoms with Crippen LogP contribution < -0.4 is 9.47 Å². The Labute approximate surface area is 158 Å². The molecule has 0 radical (unpaired) electrons. The van der Waals surface area contributed by atoms with Crippen molar-refractivity contribution in [3.05, 3.63) is 58.9 Å². The largest absolute Gasteiger partial charge is 0.497 e. The van der Waals surface area contributed by atoms with Crippen molar-refractivity contribution in [2.45, 2.75) is 44.9 Å². The lowest BCUT2D eigenvalue weighted by atomic mass is 9.79. The van der Waals surface area contributed by atoms with E-state index in [9.17, 15) is 13.2 Å². The van der Waals surface area contributed by atoms with E-state index in [1.807, 2.05) is 0 Å². The first-order valence-corrected chi connectivity index (χ1v) is 9.46. The summed E-state index contributed by atoms with van der Waals surface area (Å²) in [6, 6.07) is 8.06. The standard InChI is InChI=1S/C22H25F3O2/c1-3-15-8-11-20(22(25)21(15)24)27-13-14-4-6-16(7-5-14)18-10-9-17(26-2)12-19(18)23/h8-12,14,16H,3-7,13H2,1-2H3. The average Bonchev–Trinajstić information content (AvgIpc) is 2.69. The minimum Gasteiger partial charge on any atom is -0.497 e. The Bertz CT molecular complexity index is 783. The Morgan fingerprint density at radius 3 is 2.33 bits per heavy atom. The molecule has 0 N–H and O–H groups in total. The maximum absolute atomic E-state index is 14.3. The molecule has 0 heterocycles. The van der Waals surface area contributed by atoms with Gasteiger partial charge < -0.3 is 9.47 Å². The molecule has 0 saturated heterocycles. The van der Waals surface area contributed by atoms with Crippen LogP contribution in [0.4, 0.5) is 13.2 Å². The van der Waals surface area contributed by atoms with E-state index in [1.54, 1.807) is 25.1 Å². The molecule has 0 aliphatic heterocycles. The van der Waals surface area contributed by atoms with Crippen molar-refractivity contribution in [2.75, 3.05) is 13.7 Å². The predicted octanol–water partition coefficient (Wildman–Crippen LogP) is 6.03. The summed E-state index contributed by atoms with van der Waals surface area (Å²) in [5, 5.41) is 0. The average molecular weight is 378 g/mol. The third-order valence-corrected chi connectivity index (χ3v) is 5.48. The van der Waals surface area contributed by atoms with E-state index in [4.69, 9.17) is 9.47 Å². The summed E-state index contributed by atoms with van der Waals surface area (Å²) in [5.41, 5.74) is 1.07. The molecule has 0 bridgehead atoms. The van der Waals surface area contributed by atoms with Crippen molar-refractivity contribution in [2.24, 2.45) is 5.92 Å². The van der Waals surface area contributed by atoms with Crippen molar-refractivity contribution >= 4 is 0 Å². The molecule has 0 atom stereocenters. The third kappa shape index (κ3) is 4.40. The Kier molecular flexibility index (Phi) is 6.30. The van der Waals surface area contributed by atoms with Crippen LogP contribution in [0.5, 0.6) is 11.5 Å². The van der Waals surface area contributed by atoms with Gasteiger partial charge in [-0.05, 0) is 67.2 Å². The summed E-state index contributed by atoms with van der Waals surface area (Å²) in [6.07, 6.45) is 3.88.